The number of hydrogen-bond acceptors (Lipinski definition) is 0. The molecule has 0 heterocycles. The summed E-state index contributed by atoms with van der Waals surface area (Å²) < 4.78 is 54.0. The van der Waals surface area contributed by atoms with Crippen molar-refractivity contribution < 1.29 is 40.9 Å². The minimum absolute atomic E-state index is 0. The molecule has 3 aromatic carbocycles. The quantitative estimate of drug-likeness (QED) is 0.112. The van der Waals surface area contributed by atoms with Gasteiger partial charge in [-0.3, -0.25) is 6.08 Å². The van der Waals surface area contributed by atoms with E-state index in [1.807, 2.05) is 0 Å². The molecule has 1 unspecified atom stereocenters. The summed E-state index contributed by atoms with van der Waals surface area (Å²) in [7, 11) is 0. The zero-order chi connectivity index (χ0) is 22.6. The number of rotatable bonds is 1. The van der Waals surface area contributed by atoms with Crippen LogP contribution in [0, 0.1) is 50.1 Å². The molecule has 0 spiro atoms. The number of benzene rings is 2. The predicted molar refractivity (Wildman–Crippen MR) is 138 cm³/mol. The van der Waals surface area contributed by atoms with Gasteiger partial charge in [0.1, 0.15) is 0 Å². The Morgan fingerprint density at radius 1 is 0.912 bits per heavy atom. The van der Waals surface area contributed by atoms with Gasteiger partial charge in [0.15, 0.2) is 23.3 Å². The first-order chi connectivity index (χ1) is 14.2. The van der Waals surface area contributed by atoms with E-state index in [9.17, 15) is 17.6 Å². The van der Waals surface area contributed by atoms with Crippen molar-refractivity contribution >= 4 is 42.5 Å². The first kappa shape index (κ1) is 37.5. The Balaban J connectivity index is -0.000000555. The van der Waals surface area contributed by atoms with Gasteiger partial charge in [-0.1, -0.05) is 32.8 Å². The maximum atomic E-state index is 13.8. The van der Waals surface area contributed by atoms with E-state index in [-0.39, 0.29) is 51.3 Å². The second-order valence-corrected chi connectivity index (χ2v) is 6.98. The minimum atomic E-state index is -1.40. The average Bonchev–Trinajstić information content (AvgIpc) is 3.26. The summed E-state index contributed by atoms with van der Waals surface area (Å²) in [5.74, 6) is -5.01. The van der Waals surface area contributed by atoms with Crippen molar-refractivity contribution in [3.8, 4) is 11.1 Å². The molecular weight excluding hydrogens is 578 g/mol. The standard InChI is InChI=1S/C15H7F4.C9H13.2CH3.2ClH.Si.Zr/c16-11-7-12(17)15(19)13(14(11)18)10-6-5-8-3-1-2-4-9(8)10;1-6-5-7(2)9(4)8(6)3;;;;;;/h1-7H;6H,1-4H3;2*1H3;2*1H;;/q4*-1;;;;. The van der Waals surface area contributed by atoms with E-state index in [1.54, 1.807) is 30.3 Å². The summed E-state index contributed by atoms with van der Waals surface area (Å²) in [6, 6.07) is 10.2. The first-order valence-corrected chi connectivity index (χ1v) is 13.4. The van der Waals surface area contributed by atoms with Crippen molar-refractivity contribution in [2.75, 3.05) is 0 Å². The number of hydrogen-bond donors (Lipinski definition) is 0. The normalized spacial score (nSPS) is 13.5. The van der Waals surface area contributed by atoms with Crippen molar-refractivity contribution in [1.29, 1.82) is 0 Å². The van der Waals surface area contributed by atoms with Crippen LogP contribution in [0.4, 0.5) is 17.6 Å². The van der Waals surface area contributed by atoms with E-state index in [1.165, 1.54) is 46.1 Å². The van der Waals surface area contributed by atoms with Gasteiger partial charge in [-0.25, -0.2) is 23.1 Å². The summed E-state index contributed by atoms with van der Waals surface area (Å²) in [5, 5.41) is 1.30. The molecule has 4 rings (SSSR count). The molecule has 0 aromatic heterocycles. The molecule has 0 nitrogen and oxygen atoms in total. The van der Waals surface area contributed by atoms with Crippen LogP contribution < -0.4 is 0 Å². The molecule has 8 heteroatoms. The fourth-order valence-corrected chi connectivity index (χ4v) is 3.34. The van der Waals surface area contributed by atoms with Crippen LogP contribution in [-0.4, -0.2) is 6.88 Å². The third-order valence-corrected chi connectivity index (χ3v) is 5.30. The Morgan fingerprint density at radius 3 is 1.82 bits per heavy atom. The molecule has 1 aliphatic carbocycles. The Labute approximate surface area is 230 Å². The van der Waals surface area contributed by atoms with E-state index >= 15 is 0 Å². The topological polar surface area (TPSA) is 0 Å². The van der Waals surface area contributed by atoms with Crippen molar-refractivity contribution in [2.45, 2.75) is 27.7 Å². The molecule has 186 valence electrons. The van der Waals surface area contributed by atoms with Gasteiger partial charge in [0, 0.05) is 11.6 Å². The van der Waals surface area contributed by atoms with Crippen molar-refractivity contribution in [3.63, 3.8) is 0 Å². The predicted octanol–water partition coefficient (Wildman–Crippen LogP) is 8.86. The summed E-state index contributed by atoms with van der Waals surface area (Å²) in [6.07, 6.45) is 3.36. The van der Waals surface area contributed by atoms with Gasteiger partial charge < -0.3 is 14.9 Å². The van der Waals surface area contributed by atoms with Gasteiger partial charge in [-0.2, -0.15) is 11.1 Å². The molecular formula is C26H28Cl2F4SiZr-4. The molecule has 34 heavy (non-hydrogen) atoms. The Hall–Kier alpha value is -1.07. The molecule has 3 aromatic rings. The Bertz CT molecular complexity index is 1110. The van der Waals surface area contributed by atoms with E-state index in [0.29, 0.717) is 11.3 Å². The summed E-state index contributed by atoms with van der Waals surface area (Å²) in [6.45, 7) is 11.7. The van der Waals surface area contributed by atoms with Crippen molar-refractivity contribution in [1.82, 2.24) is 0 Å². The van der Waals surface area contributed by atoms with Crippen LogP contribution in [0.15, 0.2) is 59.2 Å². The van der Waals surface area contributed by atoms with Gasteiger partial charge in [0.05, 0.1) is 0 Å². The van der Waals surface area contributed by atoms with Crippen LogP contribution >= 0.6 is 24.8 Å². The van der Waals surface area contributed by atoms with Crippen molar-refractivity contribution in [2.24, 2.45) is 5.92 Å². The molecule has 0 fully saturated rings. The van der Waals surface area contributed by atoms with Crippen LogP contribution in [0.25, 0.3) is 21.9 Å². The first-order valence-electron chi connectivity index (χ1n) is 9.23. The fraction of sp³-hybridized carbons (Fsp3) is 0.192. The molecule has 1 aliphatic rings. The second kappa shape index (κ2) is 16.6. The van der Waals surface area contributed by atoms with E-state index in [4.69, 9.17) is 0 Å². The van der Waals surface area contributed by atoms with Crippen LogP contribution in [0.2, 0.25) is 0 Å². The third kappa shape index (κ3) is 7.98. The number of allylic oxidation sites excluding steroid dienone is 4. The van der Waals surface area contributed by atoms with E-state index in [0.717, 1.165) is 5.39 Å². The van der Waals surface area contributed by atoms with Gasteiger partial charge in [0.25, 0.3) is 0 Å². The van der Waals surface area contributed by atoms with Crippen LogP contribution in [0.5, 0.6) is 0 Å². The molecule has 0 saturated carbocycles. The SMILES string of the molecule is CC1=[C-]C(C)C(C)=C1C.Cl.Cl.Fc1cc(F)c(F)c(-c2c[cH-]c3ccccc23)c1F.[CH3-].[CH3-].[Si]=[Zr]. The maximum absolute atomic E-state index is 13.8. The van der Waals surface area contributed by atoms with E-state index in [2.05, 4.69) is 40.7 Å². The van der Waals surface area contributed by atoms with Gasteiger partial charge in [-0.15, -0.1) is 78.4 Å². The van der Waals surface area contributed by atoms with Gasteiger partial charge in [0.2, 0.25) is 0 Å². The summed E-state index contributed by atoms with van der Waals surface area (Å²) >= 11 is 1.36. The molecule has 2 radical (unpaired) electrons. The molecule has 0 bridgehead atoms. The van der Waals surface area contributed by atoms with Crippen molar-refractivity contribution in [3.05, 3.63) is 103 Å². The zero-order valence-electron chi connectivity index (χ0n) is 19.9. The third-order valence-electron chi connectivity index (χ3n) is 5.30. The van der Waals surface area contributed by atoms with E-state index < -0.39 is 28.8 Å². The monoisotopic (exact) mass is 604 g/mol. The molecule has 0 N–H and O–H groups in total. The zero-order valence-corrected chi connectivity index (χ0v) is 25.0. The van der Waals surface area contributed by atoms with Crippen LogP contribution in [0.1, 0.15) is 27.7 Å². The van der Waals surface area contributed by atoms with Gasteiger partial charge in [-0.05, 0) is 0 Å². The molecule has 0 saturated heterocycles. The molecule has 0 amide bonds. The molecule has 0 aliphatic heterocycles. The Morgan fingerprint density at radius 2 is 1.41 bits per heavy atom. The fourth-order valence-electron chi connectivity index (χ4n) is 3.34. The number of fused-ring (bicyclic) bond motifs is 1. The summed E-state index contributed by atoms with van der Waals surface area (Å²) in [5.41, 5.74) is 3.72. The molecule has 1 atom stereocenters. The second-order valence-electron chi connectivity index (χ2n) is 6.98. The van der Waals surface area contributed by atoms with Crippen LogP contribution in [-0.2, 0) is 23.3 Å². The van der Waals surface area contributed by atoms with Gasteiger partial charge >= 0.3 is 30.2 Å². The average molecular weight is 607 g/mol. The van der Waals surface area contributed by atoms with Crippen LogP contribution in [0.3, 0.4) is 0 Å². The summed E-state index contributed by atoms with van der Waals surface area (Å²) in [4.78, 5) is 0. The number of halogens is 6. The Kier molecular flexibility index (Phi) is 18.3.